The third kappa shape index (κ3) is 3.86. The van der Waals surface area contributed by atoms with Crippen molar-refractivity contribution in [2.45, 2.75) is 45.1 Å². The molecule has 8 heteroatoms. The van der Waals surface area contributed by atoms with Gasteiger partial charge in [-0.15, -0.1) is 0 Å². The van der Waals surface area contributed by atoms with Crippen molar-refractivity contribution in [1.29, 1.82) is 0 Å². The van der Waals surface area contributed by atoms with Crippen LogP contribution >= 0.6 is 0 Å². The summed E-state index contributed by atoms with van der Waals surface area (Å²) in [7, 11) is -2.19. The number of sulfonamides is 1. The maximum atomic E-state index is 13.5. The first-order valence-electron chi connectivity index (χ1n) is 11.3. The highest BCUT2D eigenvalue weighted by Crippen LogP contribution is 2.39. The molecule has 7 nitrogen and oxygen atoms in total. The summed E-state index contributed by atoms with van der Waals surface area (Å²) in [6, 6.07) is 13.2. The van der Waals surface area contributed by atoms with Crippen LogP contribution in [0.25, 0.3) is 16.6 Å². The number of nitrogens with zero attached hydrogens (tertiary/aromatic N) is 3. The molecule has 0 spiro atoms. The zero-order valence-corrected chi connectivity index (χ0v) is 20.6. The number of para-hydroxylation sites is 1. The summed E-state index contributed by atoms with van der Waals surface area (Å²) < 4.78 is 30.1. The Bertz CT molecular complexity index is 1510. The van der Waals surface area contributed by atoms with Gasteiger partial charge >= 0.3 is 0 Å². The minimum Gasteiger partial charge on any atom is -0.358 e. The number of rotatable bonds is 5. The van der Waals surface area contributed by atoms with E-state index in [4.69, 9.17) is 0 Å². The molecule has 0 saturated carbocycles. The molecule has 176 valence electrons. The predicted octanol–water partition coefficient (Wildman–Crippen LogP) is 4.64. The quantitative estimate of drug-likeness (QED) is 0.455. The summed E-state index contributed by atoms with van der Waals surface area (Å²) >= 11 is 0. The van der Waals surface area contributed by atoms with Crippen LogP contribution in [0.5, 0.6) is 0 Å². The molecule has 1 aliphatic rings. The average molecular weight is 477 g/mol. The largest absolute Gasteiger partial charge is 0.358 e. The number of benzene rings is 2. The van der Waals surface area contributed by atoms with Crippen LogP contribution in [0.15, 0.2) is 59.8 Å². The van der Waals surface area contributed by atoms with E-state index in [1.807, 2.05) is 42.6 Å². The van der Waals surface area contributed by atoms with Gasteiger partial charge in [0.15, 0.2) is 5.78 Å². The van der Waals surface area contributed by atoms with Gasteiger partial charge in [-0.3, -0.25) is 4.79 Å². The second kappa shape index (κ2) is 7.92. The van der Waals surface area contributed by atoms with E-state index in [1.54, 1.807) is 30.9 Å². The number of fused-ring (bicyclic) bond motifs is 3. The van der Waals surface area contributed by atoms with Crippen molar-refractivity contribution < 1.29 is 13.2 Å². The number of hydrogen-bond acceptors (Lipinski definition) is 4. The molecule has 5 rings (SSSR count). The maximum Gasteiger partial charge on any atom is 0.243 e. The Morgan fingerprint density at radius 2 is 1.88 bits per heavy atom. The van der Waals surface area contributed by atoms with Gasteiger partial charge in [-0.25, -0.2) is 13.1 Å². The molecule has 34 heavy (non-hydrogen) atoms. The summed E-state index contributed by atoms with van der Waals surface area (Å²) in [4.78, 5) is 16.4. The second-order valence-electron chi connectivity index (χ2n) is 9.97. The lowest BCUT2D eigenvalue weighted by Crippen LogP contribution is -2.27. The number of hydrogen-bond donors (Lipinski definition) is 1. The molecule has 0 bridgehead atoms. The third-order valence-electron chi connectivity index (χ3n) is 6.50. The van der Waals surface area contributed by atoms with Gasteiger partial charge in [0.05, 0.1) is 16.8 Å². The molecule has 2 aromatic carbocycles. The van der Waals surface area contributed by atoms with E-state index in [-0.39, 0.29) is 22.6 Å². The standard InChI is InChI=1S/C26H28N4O3S/c1-17-10-20-21(28-22-12-26(2,3)13-23(31)25(20)22)11-24(17)34(32,33)29(4)15-18-14-27-30(16-18)19-8-6-5-7-9-19/h5-11,14,16,28H,12-13,15H2,1-4H3. The number of aromatic nitrogens is 3. The van der Waals surface area contributed by atoms with Crippen molar-refractivity contribution in [3.8, 4) is 5.69 Å². The molecular formula is C26H28N4O3S. The molecule has 0 fully saturated rings. The van der Waals surface area contributed by atoms with Gasteiger partial charge in [0, 0.05) is 53.9 Å². The molecule has 1 aliphatic carbocycles. The van der Waals surface area contributed by atoms with E-state index >= 15 is 0 Å². The highest BCUT2D eigenvalue weighted by Gasteiger charge is 2.34. The van der Waals surface area contributed by atoms with E-state index in [2.05, 4.69) is 23.9 Å². The van der Waals surface area contributed by atoms with E-state index in [9.17, 15) is 13.2 Å². The lowest BCUT2D eigenvalue weighted by atomic mass is 9.76. The number of Topliss-reactive ketones (excluding diaryl/α,β-unsaturated/α-hetero) is 1. The van der Waals surface area contributed by atoms with Crippen LogP contribution in [0, 0.1) is 12.3 Å². The van der Waals surface area contributed by atoms with Gasteiger partial charge in [0.25, 0.3) is 0 Å². The summed E-state index contributed by atoms with van der Waals surface area (Å²) in [6.07, 6.45) is 4.77. The van der Waals surface area contributed by atoms with Crippen molar-refractivity contribution in [3.05, 3.63) is 77.2 Å². The number of aromatic amines is 1. The Hall–Kier alpha value is -3.23. The Balaban J connectivity index is 1.46. The van der Waals surface area contributed by atoms with Gasteiger partial charge in [-0.05, 0) is 48.6 Å². The minimum absolute atomic E-state index is 0.111. The zero-order chi connectivity index (χ0) is 24.3. The molecular weight excluding hydrogens is 448 g/mol. The highest BCUT2D eigenvalue weighted by molar-refractivity contribution is 7.89. The van der Waals surface area contributed by atoms with Crippen molar-refractivity contribution in [2.24, 2.45) is 5.41 Å². The first kappa shape index (κ1) is 22.6. The fourth-order valence-corrected chi connectivity index (χ4v) is 6.24. The Kier molecular flexibility index (Phi) is 5.26. The van der Waals surface area contributed by atoms with E-state index in [1.165, 1.54) is 4.31 Å². The summed E-state index contributed by atoms with van der Waals surface area (Å²) in [5, 5.41) is 5.17. The lowest BCUT2D eigenvalue weighted by Gasteiger charge is -2.28. The average Bonchev–Trinajstić information content (AvgIpc) is 3.36. The smallest absolute Gasteiger partial charge is 0.243 e. The molecule has 2 heterocycles. The van der Waals surface area contributed by atoms with Crippen molar-refractivity contribution in [2.75, 3.05) is 7.05 Å². The molecule has 0 unspecified atom stereocenters. The van der Waals surface area contributed by atoms with Crippen LogP contribution in [-0.4, -0.2) is 40.3 Å². The Morgan fingerprint density at radius 3 is 2.62 bits per heavy atom. The summed E-state index contributed by atoms with van der Waals surface area (Å²) in [6.45, 7) is 6.13. The molecule has 0 saturated heterocycles. The number of carbonyl (C=O) groups excluding carboxylic acids is 1. The van der Waals surface area contributed by atoms with Crippen LogP contribution in [-0.2, 0) is 23.0 Å². The number of aryl methyl sites for hydroxylation is 1. The van der Waals surface area contributed by atoms with Crippen LogP contribution < -0.4 is 0 Å². The molecule has 0 radical (unpaired) electrons. The van der Waals surface area contributed by atoms with Gasteiger partial charge in [0.2, 0.25) is 10.0 Å². The van der Waals surface area contributed by atoms with Gasteiger partial charge < -0.3 is 4.98 Å². The van der Waals surface area contributed by atoms with Crippen LogP contribution in [0.1, 0.15) is 47.4 Å². The van der Waals surface area contributed by atoms with E-state index < -0.39 is 10.0 Å². The SMILES string of the molecule is Cc1cc2c3c([nH]c2cc1S(=O)(=O)N(C)Cc1cnn(-c2ccccc2)c1)CC(C)(C)CC3=O. The number of nitrogens with one attached hydrogen (secondary N) is 1. The Morgan fingerprint density at radius 1 is 1.15 bits per heavy atom. The number of carbonyl (C=O) groups is 1. The maximum absolute atomic E-state index is 13.5. The molecule has 0 atom stereocenters. The topological polar surface area (TPSA) is 88.1 Å². The molecule has 4 aromatic rings. The van der Waals surface area contributed by atoms with Crippen molar-refractivity contribution in [1.82, 2.24) is 19.1 Å². The van der Waals surface area contributed by atoms with Gasteiger partial charge in [-0.1, -0.05) is 32.0 Å². The van der Waals surface area contributed by atoms with Gasteiger partial charge in [-0.2, -0.15) is 9.40 Å². The molecule has 0 aliphatic heterocycles. The van der Waals surface area contributed by atoms with Crippen molar-refractivity contribution in [3.63, 3.8) is 0 Å². The lowest BCUT2D eigenvalue weighted by molar-refractivity contribution is 0.0913. The van der Waals surface area contributed by atoms with Crippen LogP contribution in [0.4, 0.5) is 0 Å². The Labute approximate surface area is 199 Å². The summed E-state index contributed by atoms with van der Waals surface area (Å²) in [5.74, 6) is 0.111. The first-order chi connectivity index (χ1) is 16.0. The normalized spacial score (nSPS) is 15.7. The minimum atomic E-state index is -3.76. The fraction of sp³-hybridized carbons (Fsp3) is 0.308. The van der Waals surface area contributed by atoms with Crippen LogP contribution in [0.3, 0.4) is 0 Å². The predicted molar refractivity (Wildman–Crippen MR) is 132 cm³/mol. The molecule has 2 aromatic heterocycles. The van der Waals surface area contributed by atoms with Crippen molar-refractivity contribution >= 4 is 26.7 Å². The zero-order valence-electron chi connectivity index (χ0n) is 19.8. The molecule has 0 amide bonds. The van der Waals surface area contributed by atoms with Gasteiger partial charge in [0.1, 0.15) is 0 Å². The summed E-state index contributed by atoms with van der Waals surface area (Å²) in [5.41, 5.74) is 4.50. The van der Waals surface area contributed by atoms with E-state index in [0.717, 1.165) is 28.8 Å². The second-order valence-corrected chi connectivity index (χ2v) is 12.0. The third-order valence-corrected chi connectivity index (χ3v) is 8.44. The molecule has 1 N–H and O–H groups in total. The fourth-order valence-electron chi connectivity index (χ4n) is 4.85. The first-order valence-corrected chi connectivity index (χ1v) is 12.7. The monoisotopic (exact) mass is 476 g/mol. The van der Waals surface area contributed by atoms with E-state index in [0.29, 0.717) is 23.1 Å². The van der Waals surface area contributed by atoms with Crippen LogP contribution in [0.2, 0.25) is 0 Å². The number of ketones is 1. The number of H-pyrrole nitrogens is 1. The highest BCUT2D eigenvalue weighted by atomic mass is 32.2.